The number of nitrogens with zero attached hydrogens (tertiary/aromatic N) is 2. The predicted octanol–water partition coefficient (Wildman–Crippen LogP) is 1.71. The van der Waals surface area contributed by atoms with Gasteiger partial charge in [0.25, 0.3) is 0 Å². The van der Waals surface area contributed by atoms with E-state index in [0.717, 1.165) is 12.2 Å². The monoisotopic (exact) mass is 235 g/mol. The minimum Gasteiger partial charge on any atom is -0.397 e. The van der Waals surface area contributed by atoms with Crippen molar-refractivity contribution in [2.45, 2.75) is 27.2 Å². The second kappa shape index (κ2) is 5.17. The molecule has 0 bridgehead atoms. The van der Waals surface area contributed by atoms with Gasteiger partial charge in [0.05, 0.1) is 18.3 Å². The van der Waals surface area contributed by atoms with Crippen molar-refractivity contribution in [3.8, 4) is 0 Å². The molecule has 17 heavy (non-hydrogen) atoms. The third-order valence-corrected chi connectivity index (χ3v) is 2.32. The van der Waals surface area contributed by atoms with E-state index in [0.29, 0.717) is 12.1 Å². The van der Waals surface area contributed by atoms with Crippen LogP contribution >= 0.6 is 0 Å². The fraction of sp³-hybridized carbons (Fsp3) is 0.538. The van der Waals surface area contributed by atoms with Crippen LogP contribution in [-0.4, -0.2) is 29.4 Å². The van der Waals surface area contributed by atoms with E-state index in [9.17, 15) is 4.79 Å². The smallest absolute Gasteiger partial charge is 0.228 e. The van der Waals surface area contributed by atoms with Crippen molar-refractivity contribution < 1.29 is 4.79 Å². The van der Waals surface area contributed by atoms with Crippen molar-refractivity contribution in [3.05, 3.63) is 24.0 Å². The first-order chi connectivity index (χ1) is 7.78. The zero-order valence-electron chi connectivity index (χ0n) is 11.0. The summed E-state index contributed by atoms with van der Waals surface area (Å²) in [6, 6.07) is 3.55. The van der Waals surface area contributed by atoms with Gasteiger partial charge in [-0.05, 0) is 17.5 Å². The van der Waals surface area contributed by atoms with Crippen LogP contribution in [0.4, 0.5) is 5.69 Å². The number of rotatable bonds is 3. The van der Waals surface area contributed by atoms with Crippen molar-refractivity contribution in [2.75, 3.05) is 19.3 Å². The van der Waals surface area contributed by atoms with E-state index in [-0.39, 0.29) is 11.3 Å². The molecular formula is C13H21N3O. The Morgan fingerprint density at radius 2 is 2.06 bits per heavy atom. The maximum Gasteiger partial charge on any atom is 0.228 e. The Hall–Kier alpha value is -1.58. The van der Waals surface area contributed by atoms with Crippen LogP contribution in [0.2, 0.25) is 0 Å². The Morgan fingerprint density at radius 1 is 1.41 bits per heavy atom. The van der Waals surface area contributed by atoms with Crippen LogP contribution in [0.5, 0.6) is 0 Å². The lowest BCUT2D eigenvalue weighted by molar-refractivity contribution is -0.130. The Balaban J connectivity index is 2.57. The van der Waals surface area contributed by atoms with E-state index >= 15 is 0 Å². The van der Waals surface area contributed by atoms with Gasteiger partial charge in [0.2, 0.25) is 5.91 Å². The molecule has 0 saturated carbocycles. The van der Waals surface area contributed by atoms with Gasteiger partial charge >= 0.3 is 0 Å². The van der Waals surface area contributed by atoms with E-state index in [2.05, 4.69) is 25.8 Å². The van der Waals surface area contributed by atoms with E-state index in [4.69, 9.17) is 5.73 Å². The first-order valence-electron chi connectivity index (χ1n) is 5.72. The van der Waals surface area contributed by atoms with Gasteiger partial charge in [-0.25, -0.2) is 0 Å². The number of carbonyl (C=O) groups is 1. The third-order valence-electron chi connectivity index (χ3n) is 2.32. The number of nitrogen functional groups attached to an aromatic ring is 1. The quantitative estimate of drug-likeness (QED) is 0.867. The number of anilines is 1. The van der Waals surface area contributed by atoms with Crippen molar-refractivity contribution in [3.63, 3.8) is 0 Å². The fourth-order valence-corrected chi connectivity index (χ4v) is 1.63. The number of hydrogen-bond donors (Lipinski definition) is 1. The average Bonchev–Trinajstić information content (AvgIpc) is 2.19. The van der Waals surface area contributed by atoms with E-state index in [1.54, 1.807) is 23.2 Å². The number of carbonyl (C=O) groups excluding carboxylic acids is 1. The van der Waals surface area contributed by atoms with Crippen LogP contribution < -0.4 is 5.73 Å². The Kier molecular flexibility index (Phi) is 4.10. The lowest BCUT2D eigenvalue weighted by Crippen LogP contribution is -2.35. The zero-order chi connectivity index (χ0) is 13.1. The molecular weight excluding hydrogens is 214 g/mol. The number of hydrogen-bond acceptors (Lipinski definition) is 3. The summed E-state index contributed by atoms with van der Waals surface area (Å²) in [6.07, 6.45) is 1.90. The number of pyridine rings is 1. The number of nitrogens with two attached hydrogens (primary N) is 1. The minimum absolute atomic E-state index is 0.0807. The topological polar surface area (TPSA) is 59.2 Å². The second-order valence-corrected chi connectivity index (χ2v) is 5.57. The van der Waals surface area contributed by atoms with Crippen LogP contribution in [0, 0.1) is 5.41 Å². The van der Waals surface area contributed by atoms with Crippen molar-refractivity contribution >= 4 is 11.6 Å². The number of likely N-dealkylation sites (N-methyl/N-ethyl adjacent to an activating group) is 1. The number of amides is 1. The minimum atomic E-state index is 0.0807. The van der Waals surface area contributed by atoms with Crippen LogP contribution in [0.15, 0.2) is 18.3 Å². The second-order valence-electron chi connectivity index (χ2n) is 5.57. The molecule has 0 aliphatic carbocycles. The summed E-state index contributed by atoms with van der Waals surface area (Å²) in [5.74, 6) is 0.0807. The summed E-state index contributed by atoms with van der Waals surface area (Å²) < 4.78 is 0. The molecule has 1 aromatic rings. The maximum atomic E-state index is 11.9. The molecule has 0 aliphatic rings. The summed E-state index contributed by atoms with van der Waals surface area (Å²) >= 11 is 0. The normalized spacial score (nSPS) is 11.3. The highest BCUT2D eigenvalue weighted by atomic mass is 16.2. The molecule has 0 aromatic carbocycles. The Morgan fingerprint density at radius 3 is 2.53 bits per heavy atom. The molecule has 0 spiro atoms. The van der Waals surface area contributed by atoms with E-state index in [1.807, 2.05) is 7.05 Å². The van der Waals surface area contributed by atoms with Crippen LogP contribution in [0.3, 0.4) is 0 Å². The van der Waals surface area contributed by atoms with Crippen molar-refractivity contribution in [1.82, 2.24) is 9.88 Å². The SMILES string of the molecule is CN(CC(C)(C)C)C(=O)Cc1ccc(N)cn1. The Bertz CT molecular complexity index is 379. The number of aromatic nitrogens is 1. The fourth-order valence-electron chi connectivity index (χ4n) is 1.63. The molecule has 94 valence electrons. The standard InChI is InChI=1S/C13H21N3O/c1-13(2,3)9-16(4)12(17)7-11-6-5-10(14)8-15-11/h5-6,8H,7,9,14H2,1-4H3. The van der Waals surface area contributed by atoms with Gasteiger partial charge in [-0.1, -0.05) is 20.8 Å². The molecule has 0 radical (unpaired) electrons. The molecule has 0 atom stereocenters. The van der Waals surface area contributed by atoms with Gasteiger partial charge in [-0.3, -0.25) is 9.78 Å². The molecule has 0 saturated heterocycles. The van der Waals surface area contributed by atoms with Crippen molar-refractivity contribution in [2.24, 2.45) is 5.41 Å². The predicted molar refractivity (Wildman–Crippen MR) is 69.4 cm³/mol. The van der Waals surface area contributed by atoms with Crippen LogP contribution in [-0.2, 0) is 11.2 Å². The van der Waals surface area contributed by atoms with E-state index < -0.39 is 0 Å². The van der Waals surface area contributed by atoms with Gasteiger partial charge in [-0.2, -0.15) is 0 Å². The van der Waals surface area contributed by atoms with Crippen molar-refractivity contribution in [1.29, 1.82) is 0 Å². The highest BCUT2D eigenvalue weighted by molar-refractivity contribution is 5.78. The first kappa shape index (κ1) is 13.5. The lowest BCUT2D eigenvalue weighted by Gasteiger charge is -2.26. The van der Waals surface area contributed by atoms with E-state index in [1.165, 1.54) is 0 Å². The average molecular weight is 235 g/mol. The molecule has 0 unspecified atom stereocenters. The first-order valence-corrected chi connectivity index (χ1v) is 5.72. The summed E-state index contributed by atoms with van der Waals surface area (Å²) in [5.41, 5.74) is 7.02. The van der Waals surface area contributed by atoms with Gasteiger partial charge in [0, 0.05) is 19.3 Å². The third kappa shape index (κ3) is 4.85. The lowest BCUT2D eigenvalue weighted by atomic mass is 9.96. The van der Waals surface area contributed by atoms with Gasteiger partial charge in [0.1, 0.15) is 0 Å². The maximum absolute atomic E-state index is 11.9. The molecule has 0 aliphatic heterocycles. The molecule has 4 nitrogen and oxygen atoms in total. The molecule has 1 aromatic heterocycles. The highest BCUT2D eigenvalue weighted by Gasteiger charge is 2.17. The molecule has 0 fully saturated rings. The molecule has 1 heterocycles. The molecule has 1 amide bonds. The highest BCUT2D eigenvalue weighted by Crippen LogP contribution is 2.14. The van der Waals surface area contributed by atoms with Gasteiger partial charge in [-0.15, -0.1) is 0 Å². The zero-order valence-corrected chi connectivity index (χ0v) is 11.0. The van der Waals surface area contributed by atoms with Crippen LogP contribution in [0.1, 0.15) is 26.5 Å². The van der Waals surface area contributed by atoms with Gasteiger partial charge in [0.15, 0.2) is 0 Å². The molecule has 4 heteroatoms. The largest absolute Gasteiger partial charge is 0.397 e. The van der Waals surface area contributed by atoms with Gasteiger partial charge < -0.3 is 10.6 Å². The Labute approximate surface area is 103 Å². The summed E-state index contributed by atoms with van der Waals surface area (Å²) in [4.78, 5) is 17.8. The molecule has 2 N–H and O–H groups in total. The summed E-state index contributed by atoms with van der Waals surface area (Å²) in [6.45, 7) is 7.07. The summed E-state index contributed by atoms with van der Waals surface area (Å²) in [7, 11) is 1.82. The summed E-state index contributed by atoms with van der Waals surface area (Å²) in [5, 5.41) is 0. The van der Waals surface area contributed by atoms with Crippen LogP contribution in [0.25, 0.3) is 0 Å². The molecule has 1 rings (SSSR count).